The van der Waals surface area contributed by atoms with E-state index in [0.29, 0.717) is 12.2 Å². The number of anilines is 1. The Hall–Kier alpha value is -3.42. The number of benzene rings is 1. The molecule has 0 aliphatic carbocycles. The summed E-state index contributed by atoms with van der Waals surface area (Å²) in [4.78, 5) is 23.3. The number of carbonyl (C=O) groups is 2. The van der Waals surface area contributed by atoms with Gasteiger partial charge in [0.25, 0.3) is 5.91 Å². The lowest BCUT2D eigenvalue weighted by atomic mass is 10.1. The molecule has 0 aliphatic rings. The van der Waals surface area contributed by atoms with Gasteiger partial charge in [-0.05, 0) is 25.0 Å². The quantitative estimate of drug-likeness (QED) is 0.708. The minimum Gasteiger partial charge on any atom is -0.480 e. The van der Waals surface area contributed by atoms with E-state index in [4.69, 9.17) is 5.11 Å². The van der Waals surface area contributed by atoms with Gasteiger partial charge in [0.2, 0.25) is 0 Å². The zero-order chi connectivity index (χ0) is 18.7. The summed E-state index contributed by atoms with van der Waals surface area (Å²) in [5.41, 5.74) is 3.17. The van der Waals surface area contributed by atoms with Gasteiger partial charge in [0.05, 0.1) is 30.2 Å². The molecule has 0 aliphatic heterocycles. The first-order valence-electron chi connectivity index (χ1n) is 8.09. The van der Waals surface area contributed by atoms with Crippen LogP contribution in [-0.2, 0) is 11.3 Å². The highest BCUT2D eigenvalue weighted by atomic mass is 16.4. The Labute approximate surface area is 150 Å². The number of nitrogens with zero attached hydrogens (tertiary/aromatic N) is 4. The van der Waals surface area contributed by atoms with Crippen molar-refractivity contribution in [3.05, 3.63) is 65.7 Å². The number of nitrogens with one attached hydrogen (secondary N) is 1. The number of aromatic nitrogens is 4. The summed E-state index contributed by atoms with van der Waals surface area (Å²) < 4.78 is 2.98. The fourth-order valence-corrected chi connectivity index (χ4v) is 2.46. The van der Waals surface area contributed by atoms with Crippen molar-refractivity contribution in [2.45, 2.75) is 26.4 Å². The molecule has 134 valence electrons. The van der Waals surface area contributed by atoms with Crippen LogP contribution in [0.5, 0.6) is 0 Å². The molecule has 0 spiro atoms. The van der Waals surface area contributed by atoms with Crippen LogP contribution in [0, 0.1) is 6.92 Å². The summed E-state index contributed by atoms with van der Waals surface area (Å²) in [5.74, 6) is -1.39. The minimum atomic E-state index is -1.02. The first kappa shape index (κ1) is 17.4. The van der Waals surface area contributed by atoms with E-state index in [1.165, 1.54) is 29.6 Å². The van der Waals surface area contributed by atoms with Crippen LogP contribution in [0.2, 0.25) is 0 Å². The molecule has 0 fully saturated rings. The fourth-order valence-electron chi connectivity index (χ4n) is 2.46. The van der Waals surface area contributed by atoms with Gasteiger partial charge in [0, 0.05) is 12.4 Å². The monoisotopic (exact) mass is 353 g/mol. The third-order valence-corrected chi connectivity index (χ3v) is 4.10. The number of aliphatic carboxylic acids is 1. The molecular formula is C18H19N5O3. The number of carboxylic acid groups (broad SMARTS) is 1. The van der Waals surface area contributed by atoms with Gasteiger partial charge in [-0.15, -0.1) is 0 Å². The Bertz CT molecular complexity index is 944. The van der Waals surface area contributed by atoms with Crippen LogP contribution in [-0.4, -0.2) is 36.5 Å². The fraction of sp³-hybridized carbons (Fsp3) is 0.222. The van der Waals surface area contributed by atoms with Gasteiger partial charge in [0.15, 0.2) is 0 Å². The van der Waals surface area contributed by atoms with Crippen LogP contribution in [0.3, 0.4) is 0 Å². The number of rotatable bonds is 6. The predicted molar refractivity (Wildman–Crippen MR) is 95.0 cm³/mol. The van der Waals surface area contributed by atoms with Crippen molar-refractivity contribution in [3.8, 4) is 0 Å². The molecule has 1 amide bonds. The summed E-state index contributed by atoms with van der Waals surface area (Å²) in [5, 5.41) is 19.9. The zero-order valence-electron chi connectivity index (χ0n) is 14.5. The number of amides is 1. The van der Waals surface area contributed by atoms with Crippen LogP contribution in [0.1, 0.15) is 34.5 Å². The molecule has 2 aromatic heterocycles. The van der Waals surface area contributed by atoms with E-state index in [-0.39, 0.29) is 11.5 Å². The van der Waals surface area contributed by atoms with Crippen LogP contribution >= 0.6 is 0 Å². The van der Waals surface area contributed by atoms with E-state index in [0.717, 1.165) is 5.56 Å². The normalized spacial score (nSPS) is 11.9. The molecular weight excluding hydrogens is 334 g/mol. The molecule has 8 heteroatoms. The van der Waals surface area contributed by atoms with Gasteiger partial charge >= 0.3 is 5.97 Å². The highest BCUT2D eigenvalue weighted by molar-refractivity contribution is 6.03. The zero-order valence-corrected chi connectivity index (χ0v) is 14.5. The number of aryl methyl sites for hydroxylation is 1. The first-order chi connectivity index (χ1) is 12.4. The van der Waals surface area contributed by atoms with Crippen LogP contribution in [0.25, 0.3) is 0 Å². The van der Waals surface area contributed by atoms with Crippen molar-refractivity contribution in [2.75, 3.05) is 5.32 Å². The standard InChI is InChI=1S/C18H19N5O3/c1-12-5-3-4-6-14(12)9-22-11-16(8-19-22)21-17(24)15-7-20-23(10-15)13(2)18(25)26/h3-8,10-11,13H,9H2,1-2H3,(H,21,24)(H,25,26). The molecule has 1 aromatic carbocycles. The lowest BCUT2D eigenvalue weighted by Crippen LogP contribution is -2.16. The number of hydrogen-bond acceptors (Lipinski definition) is 4. The summed E-state index contributed by atoms with van der Waals surface area (Å²) >= 11 is 0. The van der Waals surface area contributed by atoms with Crippen molar-refractivity contribution in [3.63, 3.8) is 0 Å². The highest BCUT2D eigenvalue weighted by Gasteiger charge is 2.17. The van der Waals surface area contributed by atoms with Crippen LogP contribution in [0.4, 0.5) is 5.69 Å². The molecule has 2 heterocycles. The molecule has 26 heavy (non-hydrogen) atoms. The molecule has 0 saturated heterocycles. The van der Waals surface area contributed by atoms with E-state index < -0.39 is 12.0 Å². The molecule has 0 saturated carbocycles. The second kappa shape index (κ2) is 7.22. The van der Waals surface area contributed by atoms with Crippen molar-refractivity contribution in [1.82, 2.24) is 19.6 Å². The van der Waals surface area contributed by atoms with Crippen molar-refractivity contribution < 1.29 is 14.7 Å². The van der Waals surface area contributed by atoms with E-state index in [1.54, 1.807) is 17.1 Å². The van der Waals surface area contributed by atoms with Crippen molar-refractivity contribution in [1.29, 1.82) is 0 Å². The van der Waals surface area contributed by atoms with Gasteiger partial charge in [-0.1, -0.05) is 24.3 Å². The molecule has 3 rings (SSSR count). The minimum absolute atomic E-state index is 0.282. The summed E-state index contributed by atoms with van der Waals surface area (Å²) in [6, 6.07) is 7.20. The summed E-state index contributed by atoms with van der Waals surface area (Å²) in [6.45, 7) is 4.14. The third kappa shape index (κ3) is 3.80. The lowest BCUT2D eigenvalue weighted by molar-refractivity contribution is -0.140. The molecule has 3 aromatic rings. The Morgan fingerprint density at radius 2 is 1.96 bits per heavy atom. The first-order valence-corrected chi connectivity index (χ1v) is 8.09. The van der Waals surface area contributed by atoms with E-state index >= 15 is 0 Å². The predicted octanol–water partition coefficient (Wildman–Crippen LogP) is 2.33. The SMILES string of the molecule is Cc1ccccc1Cn1cc(NC(=O)c2cnn(C(C)C(=O)O)c2)cn1. The average Bonchev–Trinajstić information content (AvgIpc) is 3.26. The molecule has 0 bridgehead atoms. The van der Waals surface area contributed by atoms with E-state index in [9.17, 15) is 9.59 Å². The van der Waals surface area contributed by atoms with Crippen molar-refractivity contribution >= 4 is 17.6 Å². The van der Waals surface area contributed by atoms with E-state index in [2.05, 4.69) is 15.5 Å². The van der Waals surface area contributed by atoms with Gasteiger partial charge in [0.1, 0.15) is 6.04 Å². The van der Waals surface area contributed by atoms with Crippen LogP contribution in [0.15, 0.2) is 49.1 Å². The average molecular weight is 353 g/mol. The smallest absolute Gasteiger partial charge is 0.328 e. The number of carbonyl (C=O) groups excluding carboxylic acids is 1. The number of hydrogen-bond donors (Lipinski definition) is 2. The molecule has 0 radical (unpaired) electrons. The largest absolute Gasteiger partial charge is 0.480 e. The molecule has 1 unspecified atom stereocenters. The van der Waals surface area contributed by atoms with Gasteiger partial charge < -0.3 is 10.4 Å². The third-order valence-electron chi connectivity index (χ3n) is 4.10. The lowest BCUT2D eigenvalue weighted by Gasteiger charge is -2.05. The van der Waals surface area contributed by atoms with Crippen LogP contribution < -0.4 is 5.32 Å². The second-order valence-corrected chi connectivity index (χ2v) is 6.03. The molecule has 2 N–H and O–H groups in total. The maximum absolute atomic E-state index is 12.3. The maximum atomic E-state index is 12.3. The Kier molecular flexibility index (Phi) is 4.83. The number of carboxylic acids is 1. The topological polar surface area (TPSA) is 102 Å². The van der Waals surface area contributed by atoms with Crippen molar-refractivity contribution in [2.24, 2.45) is 0 Å². The molecule has 1 atom stereocenters. The van der Waals surface area contributed by atoms with Gasteiger partial charge in [-0.2, -0.15) is 10.2 Å². The van der Waals surface area contributed by atoms with Gasteiger partial charge in [-0.3, -0.25) is 14.2 Å². The van der Waals surface area contributed by atoms with E-state index in [1.807, 2.05) is 31.2 Å². The summed E-state index contributed by atoms with van der Waals surface area (Å²) in [7, 11) is 0. The maximum Gasteiger partial charge on any atom is 0.328 e. The molecule has 8 nitrogen and oxygen atoms in total. The Morgan fingerprint density at radius 3 is 2.69 bits per heavy atom. The summed E-state index contributed by atoms with van der Waals surface area (Å²) in [6.07, 6.45) is 6.06. The Morgan fingerprint density at radius 1 is 1.19 bits per heavy atom. The second-order valence-electron chi connectivity index (χ2n) is 6.03. The Balaban J connectivity index is 1.66. The highest BCUT2D eigenvalue weighted by Crippen LogP contribution is 2.13. The van der Waals surface area contributed by atoms with Gasteiger partial charge in [-0.25, -0.2) is 4.79 Å².